The molecule has 0 aliphatic carbocycles. The van der Waals surface area contributed by atoms with Crippen molar-refractivity contribution in [1.82, 2.24) is 4.90 Å². The highest BCUT2D eigenvalue weighted by Crippen LogP contribution is 2.28. The number of aliphatic hydroxyl groups excluding tert-OH is 1. The van der Waals surface area contributed by atoms with Gasteiger partial charge >= 0.3 is 0 Å². The Balaban J connectivity index is 1.76. The van der Waals surface area contributed by atoms with E-state index >= 15 is 0 Å². The van der Waals surface area contributed by atoms with Gasteiger partial charge in [-0.1, -0.05) is 18.2 Å². The Bertz CT molecular complexity index is 787. The number of rotatable bonds is 6. The van der Waals surface area contributed by atoms with Gasteiger partial charge in [0.15, 0.2) is 0 Å². The van der Waals surface area contributed by atoms with Gasteiger partial charge in [0.25, 0.3) is 5.91 Å². The molecule has 27 heavy (non-hydrogen) atoms. The molecule has 0 aromatic heterocycles. The molecule has 4 nitrogen and oxygen atoms in total. The van der Waals surface area contributed by atoms with Crippen molar-refractivity contribution in [3.05, 3.63) is 53.6 Å². The summed E-state index contributed by atoms with van der Waals surface area (Å²) in [5, 5.41) is 9.05. The predicted molar refractivity (Wildman–Crippen MR) is 108 cm³/mol. The number of methoxy groups -OCH3 is 1. The molecule has 0 saturated carbocycles. The number of carbonyl (C=O) groups excluding carboxylic acids is 1. The molecular weight excluding hydrogens is 338 g/mol. The van der Waals surface area contributed by atoms with Crippen molar-refractivity contribution in [2.75, 3.05) is 26.8 Å². The predicted octanol–water partition coefficient (Wildman–Crippen LogP) is 4.30. The molecule has 1 heterocycles. The number of ether oxygens (including phenoxy) is 1. The molecule has 2 aromatic carbocycles. The maximum Gasteiger partial charge on any atom is 0.253 e. The topological polar surface area (TPSA) is 49.8 Å². The largest absolute Gasteiger partial charge is 0.496 e. The third-order valence-corrected chi connectivity index (χ3v) is 5.41. The number of aryl methyl sites for hydroxylation is 1. The molecule has 0 unspecified atom stereocenters. The van der Waals surface area contributed by atoms with E-state index in [1.54, 1.807) is 7.11 Å². The molecule has 144 valence electrons. The Morgan fingerprint density at radius 3 is 2.78 bits per heavy atom. The van der Waals surface area contributed by atoms with E-state index in [0.29, 0.717) is 5.92 Å². The Labute approximate surface area is 161 Å². The highest BCUT2D eigenvalue weighted by atomic mass is 16.5. The molecule has 0 radical (unpaired) electrons. The van der Waals surface area contributed by atoms with Crippen LogP contribution in [0.25, 0.3) is 11.1 Å². The maximum atomic E-state index is 13.0. The summed E-state index contributed by atoms with van der Waals surface area (Å²) >= 11 is 0. The summed E-state index contributed by atoms with van der Waals surface area (Å²) in [5.41, 5.74) is 3.95. The molecule has 1 aliphatic heterocycles. The van der Waals surface area contributed by atoms with Gasteiger partial charge in [0.2, 0.25) is 0 Å². The van der Waals surface area contributed by atoms with Gasteiger partial charge < -0.3 is 14.7 Å². The molecule has 1 saturated heterocycles. The van der Waals surface area contributed by atoms with E-state index in [-0.39, 0.29) is 12.5 Å². The second kappa shape index (κ2) is 9.05. The van der Waals surface area contributed by atoms with E-state index in [1.165, 1.54) is 0 Å². The first-order valence-electron chi connectivity index (χ1n) is 9.77. The van der Waals surface area contributed by atoms with Crippen molar-refractivity contribution < 1.29 is 14.6 Å². The van der Waals surface area contributed by atoms with Crippen molar-refractivity contribution in [3.63, 3.8) is 0 Å². The molecule has 3 rings (SSSR count). The Morgan fingerprint density at radius 2 is 2.04 bits per heavy atom. The number of nitrogens with zero attached hydrogens (tertiary/aromatic N) is 1. The summed E-state index contributed by atoms with van der Waals surface area (Å²) in [7, 11) is 1.67. The van der Waals surface area contributed by atoms with Crippen LogP contribution >= 0.6 is 0 Å². The molecule has 2 aromatic rings. The van der Waals surface area contributed by atoms with E-state index in [9.17, 15) is 4.79 Å². The van der Waals surface area contributed by atoms with Crippen molar-refractivity contribution >= 4 is 5.91 Å². The maximum absolute atomic E-state index is 13.0. The highest BCUT2D eigenvalue weighted by Gasteiger charge is 2.24. The SMILES string of the molecule is COc1ccc(-c2cccc(C(=O)N3CCC[C@@H](CCCO)C3)c2)cc1C. The second-order valence-electron chi connectivity index (χ2n) is 7.39. The first-order chi connectivity index (χ1) is 13.1. The van der Waals surface area contributed by atoms with Gasteiger partial charge in [-0.05, 0) is 79.5 Å². The minimum absolute atomic E-state index is 0.107. The van der Waals surface area contributed by atoms with Gasteiger partial charge in [0.1, 0.15) is 5.75 Å². The summed E-state index contributed by atoms with van der Waals surface area (Å²) in [5.74, 6) is 1.48. The minimum Gasteiger partial charge on any atom is -0.496 e. The van der Waals surface area contributed by atoms with Crippen LogP contribution in [-0.2, 0) is 0 Å². The Kier molecular flexibility index (Phi) is 6.51. The summed E-state index contributed by atoms with van der Waals surface area (Å²) in [6.45, 7) is 3.87. The average Bonchev–Trinajstić information content (AvgIpc) is 2.72. The number of hydrogen-bond acceptors (Lipinski definition) is 3. The third-order valence-electron chi connectivity index (χ3n) is 5.41. The van der Waals surface area contributed by atoms with Crippen LogP contribution in [0.5, 0.6) is 5.75 Å². The molecule has 4 heteroatoms. The fourth-order valence-electron chi connectivity index (χ4n) is 3.94. The molecule has 1 aliphatic rings. The van der Waals surface area contributed by atoms with Crippen molar-refractivity contribution in [2.45, 2.75) is 32.6 Å². The Hall–Kier alpha value is -2.33. The number of aliphatic hydroxyl groups is 1. The van der Waals surface area contributed by atoms with Gasteiger partial charge in [-0.15, -0.1) is 0 Å². The summed E-state index contributed by atoms with van der Waals surface area (Å²) in [4.78, 5) is 15.0. The van der Waals surface area contributed by atoms with Gasteiger partial charge in [-0.25, -0.2) is 0 Å². The van der Waals surface area contributed by atoms with E-state index < -0.39 is 0 Å². The normalized spacial score (nSPS) is 17.0. The second-order valence-corrected chi connectivity index (χ2v) is 7.39. The quantitative estimate of drug-likeness (QED) is 0.828. The monoisotopic (exact) mass is 367 g/mol. The number of carbonyl (C=O) groups is 1. The van der Waals surface area contributed by atoms with Crippen molar-refractivity contribution in [1.29, 1.82) is 0 Å². The molecule has 0 spiro atoms. The van der Waals surface area contributed by atoms with Gasteiger partial charge in [0.05, 0.1) is 7.11 Å². The minimum atomic E-state index is 0.107. The first-order valence-corrected chi connectivity index (χ1v) is 9.77. The van der Waals surface area contributed by atoms with Crippen LogP contribution in [0.15, 0.2) is 42.5 Å². The molecule has 1 atom stereocenters. The lowest BCUT2D eigenvalue weighted by molar-refractivity contribution is 0.0663. The number of amides is 1. The zero-order chi connectivity index (χ0) is 19.2. The van der Waals surface area contributed by atoms with E-state index in [1.807, 2.05) is 48.2 Å². The highest BCUT2D eigenvalue weighted by molar-refractivity contribution is 5.95. The molecule has 1 fully saturated rings. The van der Waals surface area contributed by atoms with Gasteiger partial charge in [0, 0.05) is 25.3 Å². The lowest BCUT2D eigenvalue weighted by atomic mass is 9.93. The Morgan fingerprint density at radius 1 is 1.22 bits per heavy atom. The van der Waals surface area contributed by atoms with Crippen molar-refractivity contribution in [3.8, 4) is 16.9 Å². The van der Waals surface area contributed by atoms with Crippen LogP contribution in [0.3, 0.4) is 0 Å². The van der Waals surface area contributed by atoms with Gasteiger partial charge in [-0.3, -0.25) is 4.79 Å². The lowest BCUT2D eigenvalue weighted by Gasteiger charge is -2.33. The molecular formula is C23H29NO3. The average molecular weight is 367 g/mol. The molecule has 1 N–H and O–H groups in total. The number of benzene rings is 2. The van der Waals surface area contributed by atoms with Crippen molar-refractivity contribution in [2.24, 2.45) is 5.92 Å². The standard InChI is InChI=1S/C23H29NO3/c1-17-14-20(10-11-22(17)27-2)19-8-3-9-21(15-19)23(26)24-12-4-6-18(16-24)7-5-13-25/h3,8-11,14-15,18,25H,4-7,12-13,16H2,1-2H3/t18-/m0/s1. The smallest absolute Gasteiger partial charge is 0.253 e. The third kappa shape index (κ3) is 4.69. The van der Waals surface area contributed by atoms with Crippen LogP contribution < -0.4 is 4.74 Å². The summed E-state index contributed by atoms with van der Waals surface area (Å²) in [6, 6.07) is 14.0. The van der Waals surface area contributed by atoms with Crippen LogP contribution in [0, 0.1) is 12.8 Å². The van der Waals surface area contributed by atoms with E-state index in [0.717, 1.165) is 66.8 Å². The van der Waals surface area contributed by atoms with Crippen LogP contribution in [-0.4, -0.2) is 42.7 Å². The number of hydrogen-bond donors (Lipinski definition) is 1. The summed E-state index contributed by atoms with van der Waals surface area (Å²) < 4.78 is 5.34. The fourth-order valence-corrected chi connectivity index (χ4v) is 3.94. The number of piperidine rings is 1. The van der Waals surface area contributed by atoms with Crippen LogP contribution in [0.2, 0.25) is 0 Å². The fraction of sp³-hybridized carbons (Fsp3) is 0.435. The molecule has 0 bridgehead atoms. The number of likely N-dealkylation sites (tertiary alicyclic amines) is 1. The first kappa shape index (κ1) is 19.4. The lowest BCUT2D eigenvalue weighted by Crippen LogP contribution is -2.40. The molecule has 1 amide bonds. The van der Waals surface area contributed by atoms with E-state index in [2.05, 4.69) is 6.07 Å². The van der Waals surface area contributed by atoms with Crippen LogP contribution in [0.1, 0.15) is 41.6 Å². The zero-order valence-electron chi connectivity index (χ0n) is 16.3. The van der Waals surface area contributed by atoms with E-state index in [4.69, 9.17) is 9.84 Å². The zero-order valence-corrected chi connectivity index (χ0v) is 16.3. The van der Waals surface area contributed by atoms with Crippen LogP contribution in [0.4, 0.5) is 0 Å². The van der Waals surface area contributed by atoms with Gasteiger partial charge in [-0.2, -0.15) is 0 Å². The summed E-state index contributed by atoms with van der Waals surface area (Å²) in [6.07, 6.45) is 4.00.